The highest BCUT2D eigenvalue weighted by atomic mass is 16.5. The van der Waals surface area contributed by atoms with Gasteiger partial charge in [-0.25, -0.2) is 4.79 Å². The van der Waals surface area contributed by atoms with Gasteiger partial charge in [-0.05, 0) is 54.1 Å². The molecule has 0 spiro atoms. The van der Waals surface area contributed by atoms with Crippen molar-refractivity contribution >= 4 is 17.9 Å². The van der Waals surface area contributed by atoms with Gasteiger partial charge in [-0.15, -0.1) is 0 Å². The number of hydrogen-bond acceptors (Lipinski definition) is 5. The second-order valence-electron chi connectivity index (χ2n) is 6.80. The lowest BCUT2D eigenvalue weighted by Crippen LogP contribution is -2.04. The third-order valence-electron chi connectivity index (χ3n) is 4.66. The highest BCUT2D eigenvalue weighted by Crippen LogP contribution is 2.23. The van der Waals surface area contributed by atoms with Crippen LogP contribution in [0, 0.1) is 0 Å². The third kappa shape index (κ3) is 5.28. The molecule has 154 valence electrons. The van der Waals surface area contributed by atoms with E-state index < -0.39 is 0 Å². The minimum Gasteiger partial charge on any atom is -0.497 e. The summed E-state index contributed by atoms with van der Waals surface area (Å²) in [5.41, 5.74) is 3.11. The van der Waals surface area contributed by atoms with Gasteiger partial charge in [0.25, 0.3) is 0 Å². The van der Waals surface area contributed by atoms with Crippen LogP contribution in [0.4, 0.5) is 5.69 Å². The van der Waals surface area contributed by atoms with Gasteiger partial charge in [0.1, 0.15) is 23.9 Å². The van der Waals surface area contributed by atoms with E-state index in [0.717, 1.165) is 22.6 Å². The van der Waals surface area contributed by atoms with E-state index in [1.807, 2.05) is 78.9 Å². The van der Waals surface area contributed by atoms with Crippen LogP contribution in [0.3, 0.4) is 0 Å². The number of carbonyl (C=O) groups excluding carboxylic acids is 1. The van der Waals surface area contributed by atoms with Crippen LogP contribution in [0.25, 0.3) is 11.3 Å². The van der Waals surface area contributed by atoms with Crippen molar-refractivity contribution in [3.05, 3.63) is 108 Å². The van der Waals surface area contributed by atoms with Crippen LogP contribution in [0.15, 0.2) is 100 Å². The maximum absolute atomic E-state index is 12.3. The first-order valence-electron chi connectivity index (χ1n) is 9.81. The summed E-state index contributed by atoms with van der Waals surface area (Å²) < 4.78 is 16.4. The molecule has 31 heavy (non-hydrogen) atoms. The molecule has 0 radical (unpaired) electrons. The van der Waals surface area contributed by atoms with Crippen molar-refractivity contribution < 1.29 is 18.7 Å². The highest BCUT2D eigenvalue weighted by molar-refractivity contribution is 5.90. The van der Waals surface area contributed by atoms with Crippen molar-refractivity contribution in [1.29, 1.82) is 0 Å². The lowest BCUT2D eigenvalue weighted by Gasteiger charge is -2.05. The van der Waals surface area contributed by atoms with E-state index in [0.29, 0.717) is 17.1 Å². The number of benzene rings is 3. The van der Waals surface area contributed by atoms with Crippen LogP contribution in [-0.4, -0.2) is 19.3 Å². The molecule has 0 fully saturated rings. The Labute approximate surface area is 180 Å². The highest BCUT2D eigenvalue weighted by Gasteiger charge is 2.09. The fourth-order valence-corrected chi connectivity index (χ4v) is 2.96. The van der Waals surface area contributed by atoms with Crippen molar-refractivity contribution in [3.63, 3.8) is 0 Å². The Morgan fingerprint density at radius 3 is 2.35 bits per heavy atom. The van der Waals surface area contributed by atoms with E-state index >= 15 is 0 Å². The monoisotopic (exact) mass is 411 g/mol. The lowest BCUT2D eigenvalue weighted by molar-refractivity contribution is 0.0472. The molecule has 0 bridgehead atoms. The summed E-state index contributed by atoms with van der Waals surface area (Å²) in [6.45, 7) is 0.247. The molecule has 0 aliphatic rings. The molecule has 0 N–H and O–H groups in total. The van der Waals surface area contributed by atoms with Crippen molar-refractivity contribution in [3.8, 4) is 17.1 Å². The standard InChI is InChI=1S/C26H21NO4/c1-29-23-13-11-22(12-14-23)27-17-24-15-16-25(31-24)20-7-9-21(10-8-20)26(28)30-18-19-5-3-2-4-6-19/h2-17H,18H2,1H3. The number of ether oxygens (including phenoxy) is 2. The molecule has 0 atom stereocenters. The van der Waals surface area contributed by atoms with Gasteiger partial charge in [0.15, 0.2) is 0 Å². The summed E-state index contributed by atoms with van der Waals surface area (Å²) in [4.78, 5) is 16.7. The smallest absolute Gasteiger partial charge is 0.338 e. The number of furan rings is 1. The number of methoxy groups -OCH3 is 1. The fourth-order valence-electron chi connectivity index (χ4n) is 2.96. The van der Waals surface area contributed by atoms with E-state index in [-0.39, 0.29) is 12.6 Å². The van der Waals surface area contributed by atoms with Gasteiger partial charge in [-0.2, -0.15) is 0 Å². The van der Waals surface area contributed by atoms with Crippen LogP contribution in [-0.2, 0) is 11.3 Å². The van der Waals surface area contributed by atoms with Crippen molar-refractivity contribution in [2.75, 3.05) is 7.11 Å². The van der Waals surface area contributed by atoms with E-state index in [4.69, 9.17) is 13.9 Å². The van der Waals surface area contributed by atoms with Crippen LogP contribution >= 0.6 is 0 Å². The average Bonchev–Trinajstić information content (AvgIpc) is 3.31. The molecule has 4 aromatic rings. The zero-order valence-electron chi connectivity index (χ0n) is 17.0. The average molecular weight is 411 g/mol. The number of aliphatic imine (C=N–C) groups is 1. The molecule has 0 saturated heterocycles. The summed E-state index contributed by atoms with van der Waals surface area (Å²) in [5.74, 6) is 1.76. The van der Waals surface area contributed by atoms with Crippen LogP contribution < -0.4 is 4.74 Å². The molecule has 0 amide bonds. The predicted molar refractivity (Wildman–Crippen MR) is 120 cm³/mol. The zero-order chi connectivity index (χ0) is 21.5. The molecule has 4 rings (SSSR count). The summed E-state index contributed by atoms with van der Waals surface area (Å²) in [6, 6.07) is 27.9. The Hall–Kier alpha value is -4.12. The van der Waals surface area contributed by atoms with Gasteiger partial charge in [0.2, 0.25) is 0 Å². The molecule has 0 unspecified atom stereocenters. The van der Waals surface area contributed by atoms with E-state index in [9.17, 15) is 4.79 Å². The van der Waals surface area contributed by atoms with Gasteiger partial charge in [0.05, 0.1) is 24.6 Å². The molecule has 0 aliphatic carbocycles. The van der Waals surface area contributed by atoms with Crippen molar-refractivity contribution in [2.24, 2.45) is 4.99 Å². The van der Waals surface area contributed by atoms with Crippen molar-refractivity contribution in [2.45, 2.75) is 6.61 Å². The minimum atomic E-state index is -0.359. The molecule has 5 nitrogen and oxygen atoms in total. The molecule has 3 aromatic carbocycles. The Morgan fingerprint density at radius 1 is 0.903 bits per heavy atom. The number of esters is 1. The third-order valence-corrected chi connectivity index (χ3v) is 4.66. The Kier molecular flexibility index (Phi) is 6.24. The molecule has 1 heterocycles. The van der Waals surface area contributed by atoms with Crippen molar-refractivity contribution in [1.82, 2.24) is 0 Å². The number of nitrogens with zero attached hydrogens (tertiary/aromatic N) is 1. The van der Waals surface area contributed by atoms with Gasteiger partial charge >= 0.3 is 5.97 Å². The van der Waals surface area contributed by atoms with Gasteiger partial charge in [0, 0.05) is 5.56 Å². The molecule has 1 aromatic heterocycles. The zero-order valence-corrected chi connectivity index (χ0v) is 17.0. The normalized spacial score (nSPS) is 10.9. The molecule has 5 heteroatoms. The first-order chi connectivity index (χ1) is 15.2. The maximum Gasteiger partial charge on any atom is 0.338 e. The second-order valence-corrected chi connectivity index (χ2v) is 6.80. The first kappa shape index (κ1) is 20.2. The molecular formula is C26H21NO4. The SMILES string of the molecule is COc1ccc(N=Cc2ccc(-c3ccc(C(=O)OCc4ccccc4)cc3)o2)cc1. The number of hydrogen-bond donors (Lipinski definition) is 0. The lowest BCUT2D eigenvalue weighted by atomic mass is 10.1. The fraction of sp³-hybridized carbons (Fsp3) is 0.0769. The van der Waals surface area contributed by atoms with Gasteiger partial charge < -0.3 is 13.9 Å². The van der Waals surface area contributed by atoms with E-state index in [2.05, 4.69) is 4.99 Å². The Bertz CT molecular complexity index is 1160. The molecule has 0 aliphatic heterocycles. The molecule has 0 saturated carbocycles. The quantitative estimate of drug-likeness (QED) is 0.274. The van der Waals surface area contributed by atoms with Gasteiger partial charge in [-0.3, -0.25) is 4.99 Å². The summed E-state index contributed by atoms with van der Waals surface area (Å²) in [7, 11) is 1.63. The van der Waals surface area contributed by atoms with Crippen LogP contribution in [0.1, 0.15) is 21.7 Å². The number of rotatable bonds is 7. The van der Waals surface area contributed by atoms with Crippen LogP contribution in [0.5, 0.6) is 5.75 Å². The van der Waals surface area contributed by atoms with E-state index in [1.165, 1.54) is 0 Å². The predicted octanol–water partition coefficient (Wildman–Crippen LogP) is 6.06. The Balaban J connectivity index is 1.38. The second kappa shape index (κ2) is 9.59. The minimum absolute atomic E-state index is 0.247. The number of carbonyl (C=O) groups is 1. The Morgan fingerprint density at radius 2 is 1.65 bits per heavy atom. The maximum atomic E-state index is 12.3. The largest absolute Gasteiger partial charge is 0.497 e. The summed E-state index contributed by atoms with van der Waals surface area (Å²) in [5, 5.41) is 0. The van der Waals surface area contributed by atoms with Gasteiger partial charge in [-0.1, -0.05) is 42.5 Å². The van der Waals surface area contributed by atoms with E-state index in [1.54, 1.807) is 25.5 Å². The van der Waals surface area contributed by atoms with Crippen LogP contribution in [0.2, 0.25) is 0 Å². The summed E-state index contributed by atoms with van der Waals surface area (Å²) in [6.07, 6.45) is 1.67. The molecular weight excluding hydrogens is 390 g/mol. The summed E-state index contributed by atoms with van der Waals surface area (Å²) >= 11 is 0. The topological polar surface area (TPSA) is 61.0 Å². The first-order valence-corrected chi connectivity index (χ1v) is 9.81.